The number of nitriles is 1. The Morgan fingerprint density at radius 3 is 2.92 bits per heavy atom. The van der Waals surface area contributed by atoms with Gasteiger partial charge in [0, 0.05) is 11.6 Å². The van der Waals surface area contributed by atoms with E-state index in [0.717, 1.165) is 0 Å². The summed E-state index contributed by atoms with van der Waals surface area (Å²) < 4.78 is 13.2. The number of nitrogens with zero attached hydrogens (tertiary/aromatic N) is 1. The normalized spacial score (nSPS) is 10.1. The summed E-state index contributed by atoms with van der Waals surface area (Å²) >= 11 is 0. The van der Waals surface area contributed by atoms with Crippen molar-refractivity contribution in [3.8, 4) is 6.07 Å². The van der Waals surface area contributed by atoms with Gasteiger partial charge < -0.3 is 0 Å². The summed E-state index contributed by atoms with van der Waals surface area (Å²) in [4.78, 5) is 0. The van der Waals surface area contributed by atoms with Crippen molar-refractivity contribution in [2.24, 2.45) is 0 Å². The van der Waals surface area contributed by atoms with Gasteiger partial charge in [-0.1, -0.05) is 18.2 Å². The Kier molecular flexibility index (Phi) is 2.60. The molecule has 0 heterocycles. The predicted molar refractivity (Wildman–Crippen MR) is 45.8 cm³/mol. The lowest BCUT2D eigenvalue weighted by Crippen LogP contribution is -1.85. The smallest absolute Gasteiger partial charge is 0.133 e. The molecule has 12 heavy (non-hydrogen) atoms. The van der Waals surface area contributed by atoms with Crippen molar-refractivity contribution in [2.45, 2.75) is 6.92 Å². The first-order valence-corrected chi connectivity index (χ1v) is 3.57. The largest absolute Gasteiger partial charge is 0.206 e. The number of hydrogen-bond donors (Lipinski definition) is 0. The third-order valence-electron chi connectivity index (χ3n) is 1.56. The molecule has 1 nitrogen and oxygen atoms in total. The third-order valence-corrected chi connectivity index (χ3v) is 1.56. The standard InChI is InChI=1S/C10H8FN/c1-8-4-2-5-9(10(8)11)6-3-7-12/h2-6H,1H3/b6-3+. The average Bonchev–Trinajstić information content (AvgIpc) is 2.08. The Balaban J connectivity index is 3.10. The molecule has 1 aromatic rings. The first kappa shape index (κ1) is 8.48. The number of rotatable bonds is 1. The summed E-state index contributed by atoms with van der Waals surface area (Å²) in [5.41, 5.74) is 1.05. The fourth-order valence-electron chi connectivity index (χ4n) is 0.926. The van der Waals surface area contributed by atoms with Crippen LogP contribution in [0.1, 0.15) is 11.1 Å². The molecule has 60 valence electrons. The van der Waals surface area contributed by atoms with Crippen molar-refractivity contribution >= 4 is 6.08 Å². The average molecular weight is 161 g/mol. The molecule has 1 rings (SSSR count). The zero-order valence-electron chi connectivity index (χ0n) is 6.71. The summed E-state index contributed by atoms with van der Waals surface area (Å²) in [5, 5.41) is 8.23. The molecule has 0 aliphatic heterocycles. The van der Waals surface area contributed by atoms with Crippen LogP contribution in [0.4, 0.5) is 4.39 Å². The van der Waals surface area contributed by atoms with Crippen LogP contribution in [0, 0.1) is 24.1 Å². The molecule has 0 radical (unpaired) electrons. The predicted octanol–water partition coefficient (Wildman–Crippen LogP) is 2.67. The van der Waals surface area contributed by atoms with E-state index < -0.39 is 0 Å². The monoisotopic (exact) mass is 161 g/mol. The molecular weight excluding hydrogens is 153 g/mol. The van der Waals surface area contributed by atoms with Gasteiger partial charge in [0.05, 0.1) is 6.07 Å². The van der Waals surface area contributed by atoms with Gasteiger partial charge in [0.1, 0.15) is 5.82 Å². The SMILES string of the molecule is Cc1cccc(/C=C/C#N)c1F. The van der Waals surface area contributed by atoms with Crippen LogP contribution < -0.4 is 0 Å². The fraction of sp³-hybridized carbons (Fsp3) is 0.100. The summed E-state index contributed by atoms with van der Waals surface area (Å²) in [5.74, 6) is -0.260. The van der Waals surface area contributed by atoms with Crippen molar-refractivity contribution in [2.75, 3.05) is 0 Å². The first-order chi connectivity index (χ1) is 5.75. The van der Waals surface area contributed by atoms with Crippen LogP contribution >= 0.6 is 0 Å². The molecule has 0 atom stereocenters. The lowest BCUT2D eigenvalue weighted by atomic mass is 10.1. The van der Waals surface area contributed by atoms with Crippen LogP contribution in [0.5, 0.6) is 0 Å². The van der Waals surface area contributed by atoms with E-state index in [1.807, 2.05) is 6.07 Å². The highest BCUT2D eigenvalue weighted by Crippen LogP contribution is 2.12. The molecule has 0 aliphatic rings. The molecule has 1 aromatic carbocycles. The van der Waals surface area contributed by atoms with Gasteiger partial charge in [-0.25, -0.2) is 4.39 Å². The van der Waals surface area contributed by atoms with E-state index >= 15 is 0 Å². The Morgan fingerprint density at radius 2 is 2.25 bits per heavy atom. The molecule has 0 aliphatic carbocycles. The maximum absolute atomic E-state index is 13.2. The lowest BCUT2D eigenvalue weighted by Gasteiger charge is -1.98. The van der Waals surface area contributed by atoms with E-state index in [9.17, 15) is 4.39 Å². The summed E-state index contributed by atoms with van der Waals surface area (Å²) in [7, 11) is 0. The minimum atomic E-state index is -0.260. The van der Waals surface area contributed by atoms with Gasteiger partial charge in [-0.3, -0.25) is 0 Å². The molecule has 0 N–H and O–H groups in total. The third kappa shape index (κ3) is 1.70. The minimum Gasteiger partial charge on any atom is -0.206 e. The van der Waals surface area contributed by atoms with Gasteiger partial charge >= 0.3 is 0 Å². The number of allylic oxidation sites excluding steroid dienone is 1. The lowest BCUT2D eigenvalue weighted by molar-refractivity contribution is 0.616. The van der Waals surface area contributed by atoms with E-state index in [1.165, 1.54) is 12.2 Å². The number of hydrogen-bond acceptors (Lipinski definition) is 1. The second-order valence-electron chi connectivity index (χ2n) is 2.44. The van der Waals surface area contributed by atoms with Gasteiger partial charge in [0.2, 0.25) is 0 Å². The number of halogens is 1. The van der Waals surface area contributed by atoms with E-state index in [4.69, 9.17) is 5.26 Å². The Bertz CT molecular complexity index is 347. The Hall–Kier alpha value is -1.62. The van der Waals surface area contributed by atoms with Gasteiger partial charge in [-0.05, 0) is 18.6 Å². The zero-order valence-corrected chi connectivity index (χ0v) is 6.71. The Labute approximate surface area is 70.8 Å². The van der Waals surface area contributed by atoms with Gasteiger partial charge in [0.25, 0.3) is 0 Å². The fourth-order valence-corrected chi connectivity index (χ4v) is 0.926. The van der Waals surface area contributed by atoms with E-state index in [2.05, 4.69) is 0 Å². The van der Waals surface area contributed by atoms with Crippen LogP contribution in [0.2, 0.25) is 0 Å². The van der Waals surface area contributed by atoms with Crippen LogP contribution in [0.3, 0.4) is 0 Å². The minimum absolute atomic E-state index is 0.260. The zero-order chi connectivity index (χ0) is 8.97. The molecular formula is C10H8FN. The van der Waals surface area contributed by atoms with Crippen molar-refractivity contribution in [3.63, 3.8) is 0 Å². The van der Waals surface area contributed by atoms with Crippen LogP contribution in [-0.4, -0.2) is 0 Å². The molecule has 0 saturated carbocycles. The quantitative estimate of drug-likeness (QED) is 0.581. The highest BCUT2D eigenvalue weighted by Gasteiger charge is 1.99. The number of aryl methyl sites for hydroxylation is 1. The molecule has 0 fully saturated rings. The molecule has 0 amide bonds. The molecule has 0 aromatic heterocycles. The maximum Gasteiger partial charge on any atom is 0.133 e. The van der Waals surface area contributed by atoms with Crippen molar-refractivity contribution in [1.82, 2.24) is 0 Å². The van der Waals surface area contributed by atoms with Gasteiger partial charge in [-0.2, -0.15) is 5.26 Å². The summed E-state index contributed by atoms with van der Waals surface area (Å²) in [6, 6.07) is 6.90. The molecule has 2 heteroatoms. The second kappa shape index (κ2) is 3.68. The summed E-state index contributed by atoms with van der Waals surface area (Å²) in [6.45, 7) is 1.69. The summed E-state index contributed by atoms with van der Waals surface area (Å²) in [6.07, 6.45) is 2.72. The Morgan fingerprint density at radius 1 is 1.50 bits per heavy atom. The number of benzene rings is 1. The van der Waals surface area contributed by atoms with Crippen LogP contribution in [0.15, 0.2) is 24.3 Å². The highest BCUT2D eigenvalue weighted by atomic mass is 19.1. The first-order valence-electron chi connectivity index (χ1n) is 3.57. The van der Waals surface area contributed by atoms with Crippen molar-refractivity contribution in [1.29, 1.82) is 5.26 Å². The highest BCUT2D eigenvalue weighted by molar-refractivity contribution is 5.53. The topological polar surface area (TPSA) is 23.8 Å². The maximum atomic E-state index is 13.2. The van der Waals surface area contributed by atoms with E-state index in [1.54, 1.807) is 25.1 Å². The molecule has 0 bridgehead atoms. The van der Waals surface area contributed by atoms with Crippen molar-refractivity contribution in [3.05, 3.63) is 41.2 Å². The van der Waals surface area contributed by atoms with Gasteiger partial charge in [-0.15, -0.1) is 0 Å². The molecule has 0 unspecified atom stereocenters. The van der Waals surface area contributed by atoms with Crippen LogP contribution in [-0.2, 0) is 0 Å². The van der Waals surface area contributed by atoms with Gasteiger partial charge in [0.15, 0.2) is 0 Å². The van der Waals surface area contributed by atoms with Crippen LogP contribution in [0.25, 0.3) is 6.08 Å². The second-order valence-corrected chi connectivity index (χ2v) is 2.44. The molecule has 0 spiro atoms. The molecule has 0 saturated heterocycles. The van der Waals surface area contributed by atoms with E-state index in [-0.39, 0.29) is 5.82 Å². The van der Waals surface area contributed by atoms with Crippen molar-refractivity contribution < 1.29 is 4.39 Å². The van der Waals surface area contributed by atoms with E-state index in [0.29, 0.717) is 11.1 Å².